The van der Waals surface area contributed by atoms with Gasteiger partial charge in [-0.2, -0.15) is 0 Å². The number of carbonyl (C=O) groups is 2. The molecular formula is C13H20O3. The van der Waals surface area contributed by atoms with Gasteiger partial charge in [-0.05, 0) is 24.2 Å². The summed E-state index contributed by atoms with van der Waals surface area (Å²) in [7, 11) is 1.38. The number of rotatable bonds is 2. The van der Waals surface area contributed by atoms with Gasteiger partial charge < -0.3 is 4.74 Å². The van der Waals surface area contributed by atoms with Gasteiger partial charge in [-0.1, -0.05) is 20.8 Å². The number of ether oxygens (including phenoxy) is 1. The molecule has 0 heterocycles. The zero-order chi connectivity index (χ0) is 12.1. The summed E-state index contributed by atoms with van der Waals surface area (Å²) in [6, 6.07) is 0. The summed E-state index contributed by atoms with van der Waals surface area (Å²) in [5, 5.41) is 0. The molecule has 0 aromatic carbocycles. The Kier molecular flexibility index (Phi) is 2.41. The topological polar surface area (TPSA) is 43.4 Å². The second kappa shape index (κ2) is 3.31. The van der Waals surface area contributed by atoms with Crippen LogP contribution in [0, 0.1) is 22.7 Å². The predicted molar refractivity (Wildman–Crippen MR) is 59.7 cm³/mol. The molecule has 2 aliphatic carbocycles. The minimum atomic E-state index is -0.259. The van der Waals surface area contributed by atoms with Gasteiger partial charge in [0.05, 0.1) is 13.5 Å². The van der Waals surface area contributed by atoms with Crippen LogP contribution in [-0.2, 0) is 14.3 Å². The Hall–Kier alpha value is -0.860. The van der Waals surface area contributed by atoms with Crippen molar-refractivity contribution in [3.05, 3.63) is 0 Å². The normalized spacial score (nSPS) is 40.1. The molecule has 2 fully saturated rings. The Bertz CT molecular complexity index is 345. The average Bonchev–Trinajstić information content (AvgIpc) is 2.53. The van der Waals surface area contributed by atoms with Crippen LogP contribution in [0.1, 0.15) is 40.0 Å². The maximum absolute atomic E-state index is 12.3. The fraction of sp³-hybridized carbons (Fsp3) is 0.846. The Morgan fingerprint density at radius 2 is 2.06 bits per heavy atom. The third-order valence-corrected chi connectivity index (χ3v) is 5.28. The third kappa shape index (κ3) is 1.20. The van der Waals surface area contributed by atoms with E-state index in [4.69, 9.17) is 0 Å². The molecule has 0 aromatic rings. The van der Waals surface area contributed by atoms with Crippen LogP contribution in [-0.4, -0.2) is 18.9 Å². The second-order valence-electron chi connectivity index (χ2n) is 5.95. The number of Topliss-reactive ketones (excluding diaryl/α,β-unsaturated/α-hetero) is 1. The van der Waals surface area contributed by atoms with Gasteiger partial charge in [-0.25, -0.2) is 0 Å². The molecule has 2 bridgehead atoms. The van der Waals surface area contributed by atoms with Crippen molar-refractivity contribution in [3.63, 3.8) is 0 Å². The van der Waals surface area contributed by atoms with E-state index in [1.54, 1.807) is 0 Å². The van der Waals surface area contributed by atoms with E-state index in [1.165, 1.54) is 7.11 Å². The Morgan fingerprint density at radius 1 is 1.44 bits per heavy atom. The smallest absolute Gasteiger partial charge is 0.306 e. The van der Waals surface area contributed by atoms with Crippen molar-refractivity contribution in [2.75, 3.05) is 7.11 Å². The van der Waals surface area contributed by atoms with Gasteiger partial charge in [-0.15, -0.1) is 0 Å². The Labute approximate surface area is 96.5 Å². The van der Waals surface area contributed by atoms with E-state index in [0.29, 0.717) is 5.92 Å². The van der Waals surface area contributed by atoms with Gasteiger partial charge in [-0.3, -0.25) is 9.59 Å². The summed E-state index contributed by atoms with van der Waals surface area (Å²) in [5.74, 6) is 0.259. The number of ketones is 1. The quantitative estimate of drug-likeness (QED) is 0.675. The van der Waals surface area contributed by atoms with Crippen molar-refractivity contribution in [1.82, 2.24) is 0 Å². The molecule has 2 saturated carbocycles. The Morgan fingerprint density at radius 3 is 2.50 bits per heavy atom. The highest BCUT2D eigenvalue weighted by atomic mass is 16.5. The minimum Gasteiger partial charge on any atom is -0.469 e. The van der Waals surface area contributed by atoms with Gasteiger partial charge >= 0.3 is 5.97 Å². The average molecular weight is 224 g/mol. The minimum absolute atomic E-state index is 0.0305. The second-order valence-corrected chi connectivity index (χ2v) is 5.95. The summed E-state index contributed by atoms with van der Waals surface area (Å²) >= 11 is 0. The van der Waals surface area contributed by atoms with Crippen LogP contribution in [0.15, 0.2) is 0 Å². The monoisotopic (exact) mass is 224 g/mol. The summed E-state index contributed by atoms with van der Waals surface area (Å²) < 4.78 is 4.68. The highest BCUT2D eigenvalue weighted by Crippen LogP contribution is 2.66. The fourth-order valence-electron chi connectivity index (χ4n) is 3.77. The van der Waals surface area contributed by atoms with Gasteiger partial charge in [0, 0.05) is 11.3 Å². The SMILES string of the molecule is COC(=O)C[C@@H]1C(=O)[C@@]2(C)CC[C@@H]1C2(C)C. The lowest BCUT2D eigenvalue weighted by molar-refractivity contribution is -0.145. The molecule has 3 heteroatoms. The first-order valence-electron chi connectivity index (χ1n) is 5.95. The summed E-state index contributed by atoms with van der Waals surface area (Å²) in [4.78, 5) is 23.7. The van der Waals surface area contributed by atoms with Gasteiger partial charge in [0.2, 0.25) is 0 Å². The molecule has 0 aliphatic heterocycles. The summed E-state index contributed by atoms with van der Waals surface area (Å²) in [6.45, 7) is 6.40. The predicted octanol–water partition coefficient (Wildman–Crippen LogP) is 2.19. The largest absolute Gasteiger partial charge is 0.469 e. The molecule has 0 radical (unpaired) electrons. The molecule has 0 unspecified atom stereocenters. The maximum atomic E-state index is 12.3. The van der Waals surface area contributed by atoms with Crippen LogP contribution in [0.5, 0.6) is 0 Å². The lowest BCUT2D eigenvalue weighted by atomic mass is 9.70. The van der Waals surface area contributed by atoms with E-state index in [9.17, 15) is 9.59 Å². The molecular weight excluding hydrogens is 204 g/mol. The number of hydrogen-bond donors (Lipinski definition) is 0. The van der Waals surface area contributed by atoms with Crippen molar-refractivity contribution in [1.29, 1.82) is 0 Å². The molecule has 2 aliphatic rings. The van der Waals surface area contributed by atoms with Crippen LogP contribution in [0.2, 0.25) is 0 Å². The van der Waals surface area contributed by atoms with Gasteiger partial charge in [0.1, 0.15) is 5.78 Å². The summed E-state index contributed by atoms with van der Waals surface area (Å²) in [6.07, 6.45) is 2.30. The van der Waals surface area contributed by atoms with Crippen molar-refractivity contribution >= 4 is 11.8 Å². The van der Waals surface area contributed by atoms with Crippen LogP contribution in [0.25, 0.3) is 0 Å². The van der Waals surface area contributed by atoms with Crippen molar-refractivity contribution < 1.29 is 14.3 Å². The van der Waals surface area contributed by atoms with Crippen LogP contribution >= 0.6 is 0 Å². The highest BCUT2D eigenvalue weighted by molar-refractivity contribution is 5.94. The van der Waals surface area contributed by atoms with Gasteiger partial charge in [0.15, 0.2) is 0 Å². The first-order valence-corrected chi connectivity index (χ1v) is 5.95. The fourth-order valence-corrected chi connectivity index (χ4v) is 3.77. The van der Waals surface area contributed by atoms with Crippen molar-refractivity contribution in [3.8, 4) is 0 Å². The zero-order valence-electron chi connectivity index (χ0n) is 10.5. The number of esters is 1. The molecule has 3 nitrogen and oxygen atoms in total. The molecule has 0 amide bonds. The highest BCUT2D eigenvalue weighted by Gasteiger charge is 2.66. The Balaban J connectivity index is 2.26. The standard InChI is InChI=1S/C13H20O3/c1-12(2)9-5-6-13(12,3)11(15)8(9)7-10(14)16-4/h8-9H,5-7H2,1-4H3/t8-,9-,13+/m0/s1. The van der Waals surface area contributed by atoms with E-state index in [2.05, 4.69) is 25.5 Å². The molecule has 90 valence electrons. The lowest BCUT2D eigenvalue weighted by Gasteiger charge is -2.32. The van der Waals surface area contributed by atoms with E-state index < -0.39 is 0 Å². The molecule has 0 saturated heterocycles. The molecule has 2 rings (SSSR count). The van der Waals surface area contributed by atoms with Crippen LogP contribution in [0.3, 0.4) is 0 Å². The first kappa shape index (κ1) is 11.6. The van der Waals surface area contributed by atoms with E-state index in [1.807, 2.05) is 0 Å². The number of fused-ring (bicyclic) bond motifs is 2. The van der Waals surface area contributed by atoms with Crippen LogP contribution < -0.4 is 0 Å². The van der Waals surface area contributed by atoms with E-state index in [-0.39, 0.29) is 34.9 Å². The zero-order valence-corrected chi connectivity index (χ0v) is 10.5. The van der Waals surface area contributed by atoms with E-state index in [0.717, 1.165) is 12.8 Å². The van der Waals surface area contributed by atoms with Crippen molar-refractivity contribution in [2.45, 2.75) is 40.0 Å². The molecule has 16 heavy (non-hydrogen) atoms. The molecule has 0 spiro atoms. The number of hydrogen-bond acceptors (Lipinski definition) is 3. The summed E-state index contributed by atoms with van der Waals surface area (Å²) in [5.41, 5.74) is -0.195. The molecule has 0 N–H and O–H groups in total. The maximum Gasteiger partial charge on any atom is 0.306 e. The number of methoxy groups -OCH3 is 1. The lowest BCUT2D eigenvalue weighted by Crippen LogP contribution is -2.33. The number of carbonyl (C=O) groups excluding carboxylic acids is 2. The molecule has 3 atom stereocenters. The van der Waals surface area contributed by atoms with Gasteiger partial charge in [0.25, 0.3) is 0 Å². The molecule has 0 aromatic heterocycles. The van der Waals surface area contributed by atoms with Crippen LogP contribution in [0.4, 0.5) is 0 Å². The van der Waals surface area contributed by atoms with E-state index >= 15 is 0 Å². The first-order chi connectivity index (χ1) is 7.34. The third-order valence-electron chi connectivity index (χ3n) is 5.28. The van der Waals surface area contributed by atoms with Crippen molar-refractivity contribution in [2.24, 2.45) is 22.7 Å².